The second-order valence-corrected chi connectivity index (χ2v) is 8.48. The van der Waals surface area contributed by atoms with Crippen LogP contribution in [0.4, 0.5) is 0 Å². The predicted molar refractivity (Wildman–Crippen MR) is 125 cm³/mol. The first-order valence-corrected chi connectivity index (χ1v) is 11.1. The molecule has 0 radical (unpaired) electrons. The van der Waals surface area contributed by atoms with Crippen LogP contribution in [0, 0.1) is 13.8 Å². The summed E-state index contributed by atoms with van der Waals surface area (Å²) >= 11 is 0. The number of ether oxygens (including phenoxy) is 2. The van der Waals surface area contributed by atoms with Gasteiger partial charge in [-0.3, -0.25) is 4.98 Å². The standard InChI is InChI=1S/C26H33N3O2/c1-18-14-24(16-27-20(18)3)23-6-7-26-25(15-23)17-29(10-13-31-26)22(5)19(2)21(4)28-8-11-30-12-9-28/h6-7,14-16H,5,8-13,17H2,1-4H3. The topological polar surface area (TPSA) is 37.8 Å². The molecule has 164 valence electrons. The summed E-state index contributed by atoms with van der Waals surface area (Å²) in [6.45, 7) is 18.7. The molecular weight excluding hydrogens is 386 g/mol. The number of aromatic nitrogens is 1. The van der Waals surface area contributed by atoms with Crippen LogP contribution < -0.4 is 4.74 Å². The van der Waals surface area contributed by atoms with Crippen LogP contribution in [0.25, 0.3) is 11.1 Å². The monoisotopic (exact) mass is 419 g/mol. The molecule has 2 aliphatic rings. The van der Waals surface area contributed by atoms with Gasteiger partial charge in [-0.15, -0.1) is 0 Å². The van der Waals surface area contributed by atoms with E-state index >= 15 is 0 Å². The highest BCUT2D eigenvalue weighted by molar-refractivity contribution is 5.66. The Labute approximate surface area is 186 Å². The SMILES string of the molecule is C=C(C(C)=C(C)N1CCOCC1)N1CCOc2ccc(-c3cnc(C)c(C)c3)cc2C1. The number of benzene rings is 1. The van der Waals surface area contributed by atoms with Gasteiger partial charge in [-0.05, 0) is 62.6 Å². The Hall–Kier alpha value is -2.79. The van der Waals surface area contributed by atoms with Gasteiger partial charge in [0.1, 0.15) is 12.4 Å². The van der Waals surface area contributed by atoms with E-state index in [0.29, 0.717) is 6.61 Å². The molecule has 2 aliphatic heterocycles. The zero-order valence-electron chi connectivity index (χ0n) is 19.2. The smallest absolute Gasteiger partial charge is 0.124 e. The van der Waals surface area contributed by atoms with Crippen molar-refractivity contribution in [3.05, 3.63) is 70.8 Å². The number of pyridine rings is 1. The summed E-state index contributed by atoms with van der Waals surface area (Å²) in [5.41, 5.74) is 9.36. The second kappa shape index (κ2) is 9.15. The van der Waals surface area contributed by atoms with Gasteiger partial charge in [-0.2, -0.15) is 0 Å². The van der Waals surface area contributed by atoms with E-state index in [1.54, 1.807) is 0 Å². The quantitative estimate of drug-likeness (QED) is 0.672. The molecule has 1 aromatic heterocycles. The Morgan fingerprint density at radius 1 is 0.968 bits per heavy atom. The van der Waals surface area contributed by atoms with Crippen molar-refractivity contribution in [3.63, 3.8) is 0 Å². The number of allylic oxidation sites excluding steroid dienone is 2. The largest absolute Gasteiger partial charge is 0.491 e. The number of morpholine rings is 1. The molecule has 3 heterocycles. The summed E-state index contributed by atoms with van der Waals surface area (Å²) in [7, 11) is 0. The van der Waals surface area contributed by atoms with Crippen molar-refractivity contribution in [1.82, 2.24) is 14.8 Å². The molecule has 1 aromatic carbocycles. The lowest BCUT2D eigenvalue weighted by molar-refractivity contribution is 0.0532. The predicted octanol–water partition coefficient (Wildman–Crippen LogP) is 4.70. The van der Waals surface area contributed by atoms with Crippen molar-refractivity contribution < 1.29 is 9.47 Å². The fourth-order valence-electron chi connectivity index (χ4n) is 4.19. The summed E-state index contributed by atoms with van der Waals surface area (Å²) in [5, 5.41) is 0. The maximum Gasteiger partial charge on any atom is 0.124 e. The molecule has 0 bridgehead atoms. The highest BCUT2D eigenvalue weighted by Crippen LogP contribution is 2.32. The minimum Gasteiger partial charge on any atom is -0.491 e. The van der Waals surface area contributed by atoms with E-state index < -0.39 is 0 Å². The molecule has 5 nitrogen and oxygen atoms in total. The molecule has 2 aromatic rings. The highest BCUT2D eigenvalue weighted by atomic mass is 16.5. The maximum atomic E-state index is 6.08. The average Bonchev–Trinajstić information content (AvgIpc) is 3.02. The van der Waals surface area contributed by atoms with Crippen molar-refractivity contribution in [3.8, 4) is 16.9 Å². The van der Waals surface area contributed by atoms with Crippen LogP contribution in [-0.4, -0.2) is 54.2 Å². The zero-order valence-corrected chi connectivity index (χ0v) is 19.2. The molecule has 0 amide bonds. The van der Waals surface area contributed by atoms with E-state index in [0.717, 1.165) is 62.1 Å². The van der Waals surface area contributed by atoms with Gasteiger partial charge in [0.15, 0.2) is 0 Å². The van der Waals surface area contributed by atoms with Crippen molar-refractivity contribution >= 4 is 0 Å². The lowest BCUT2D eigenvalue weighted by Crippen LogP contribution is -2.36. The molecule has 0 unspecified atom stereocenters. The zero-order chi connectivity index (χ0) is 22.0. The van der Waals surface area contributed by atoms with Crippen molar-refractivity contribution in [2.45, 2.75) is 34.2 Å². The van der Waals surface area contributed by atoms with Gasteiger partial charge >= 0.3 is 0 Å². The number of fused-ring (bicyclic) bond motifs is 1. The lowest BCUT2D eigenvalue weighted by Gasteiger charge is -2.33. The van der Waals surface area contributed by atoms with Gasteiger partial charge in [0.2, 0.25) is 0 Å². The number of nitrogens with zero attached hydrogens (tertiary/aromatic N) is 3. The van der Waals surface area contributed by atoms with Crippen LogP contribution in [0.1, 0.15) is 30.7 Å². The summed E-state index contributed by atoms with van der Waals surface area (Å²) in [5.74, 6) is 0.961. The molecule has 0 saturated carbocycles. The second-order valence-electron chi connectivity index (χ2n) is 8.48. The van der Waals surface area contributed by atoms with Gasteiger partial charge in [0.05, 0.1) is 19.8 Å². The molecule has 4 rings (SSSR count). The minimum atomic E-state index is 0.653. The normalized spacial score (nSPS) is 17.4. The van der Waals surface area contributed by atoms with Gasteiger partial charge in [-0.1, -0.05) is 12.6 Å². The minimum absolute atomic E-state index is 0.653. The molecule has 0 atom stereocenters. The summed E-state index contributed by atoms with van der Waals surface area (Å²) < 4.78 is 11.6. The van der Waals surface area contributed by atoms with Crippen LogP contribution in [0.5, 0.6) is 5.75 Å². The Bertz CT molecular complexity index is 1010. The molecule has 0 spiro atoms. The highest BCUT2D eigenvalue weighted by Gasteiger charge is 2.21. The fraction of sp³-hybridized carbons (Fsp3) is 0.423. The third-order valence-corrected chi connectivity index (χ3v) is 6.56. The molecule has 0 aliphatic carbocycles. The molecule has 0 N–H and O–H groups in total. The Morgan fingerprint density at radius 3 is 2.45 bits per heavy atom. The van der Waals surface area contributed by atoms with Gasteiger partial charge < -0.3 is 19.3 Å². The van der Waals surface area contributed by atoms with Crippen LogP contribution in [0.3, 0.4) is 0 Å². The average molecular weight is 420 g/mol. The third kappa shape index (κ3) is 4.62. The summed E-state index contributed by atoms with van der Waals surface area (Å²) in [6, 6.07) is 8.66. The first kappa shape index (κ1) is 21.4. The molecular formula is C26H33N3O2. The Morgan fingerprint density at radius 2 is 1.71 bits per heavy atom. The molecule has 1 fully saturated rings. The van der Waals surface area contributed by atoms with Crippen LogP contribution in [0.15, 0.2) is 54.0 Å². The maximum absolute atomic E-state index is 6.08. The Balaban J connectivity index is 1.58. The number of hydrogen-bond donors (Lipinski definition) is 0. The van der Waals surface area contributed by atoms with E-state index in [4.69, 9.17) is 9.47 Å². The van der Waals surface area contributed by atoms with Crippen LogP contribution >= 0.6 is 0 Å². The summed E-state index contributed by atoms with van der Waals surface area (Å²) in [6.07, 6.45) is 1.96. The van der Waals surface area contributed by atoms with Crippen molar-refractivity contribution in [2.24, 2.45) is 0 Å². The molecule has 5 heteroatoms. The number of aryl methyl sites for hydroxylation is 2. The molecule has 1 saturated heterocycles. The van der Waals surface area contributed by atoms with Crippen LogP contribution in [-0.2, 0) is 11.3 Å². The van der Waals surface area contributed by atoms with E-state index in [9.17, 15) is 0 Å². The van der Waals surface area contributed by atoms with E-state index in [1.165, 1.54) is 28.0 Å². The Kier molecular flexibility index (Phi) is 6.33. The fourth-order valence-corrected chi connectivity index (χ4v) is 4.19. The molecule has 31 heavy (non-hydrogen) atoms. The first-order valence-electron chi connectivity index (χ1n) is 11.1. The van der Waals surface area contributed by atoms with Gasteiger partial charge in [0.25, 0.3) is 0 Å². The summed E-state index contributed by atoms with van der Waals surface area (Å²) in [4.78, 5) is 9.28. The van der Waals surface area contributed by atoms with Crippen molar-refractivity contribution in [1.29, 1.82) is 0 Å². The van der Waals surface area contributed by atoms with E-state index in [-0.39, 0.29) is 0 Å². The van der Waals surface area contributed by atoms with Gasteiger partial charge in [-0.25, -0.2) is 0 Å². The van der Waals surface area contributed by atoms with Crippen LogP contribution in [0.2, 0.25) is 0 Å². The van der Waals surface area contributed by atoms with Gasteiger partial charge in [0, 0.05) is 54.0 Å². The van der Waals surface area contributed by atoms with Crippen molar-refractivity contribution in [2.75, 3.05) is 39.5 Å². The van der Waals surface area contributed by atoms with E-state index in [2.05, 4.69) is 66.4 Å². The lowest BCUT2D eigenvalue weighted by atomic mass is 10.0. The third-order valence-electron chi connectivity index (χ3n) is 6.56. The number of hydrogen-bond acceptors (Lipinski definition) is 5. The van der Waals surface area contributed by atoms with E-state index in [1.807, 2.05) is 13.1 Å². The first-order chi connectivity index (χ1) is 14.9. The number of rotatable bonds is 4.